The van der Waals surface area contributed by atoms with E-state index in [2.05, 4.69) is 13.2 Å². The van der Waals surface area contributed by atoms with E-state index >= 15 is 0 Å². The first-order valence-corrected chi connectivity index (χ1v) is 29.1. The van der Waals surface area contributed by atoms with Crippen LogP contribution in [0.5, 0.6) is 0 Å². The Morgan fingerprint density at radius 2 is 0.866 bits per heavy atom. The Morgan fingerprint density at radius 1 is 0.476 bits per heavy atom. The van der Waals surface area contributed by atoms with E-state index in [0.29, 0.717) is 63.2 Å². The highest BCUT2D eigenvalue weighted by molar-refractivity contribution is 5.89. The molecular formula is C61H90O21. The lowest BCUT2D eigenvalue weighted by molar-refractivity contribution is -0.305. The van der Waals surface area contributed by atoms with E-state index in [4.69, 9.17) is 61.6 Å². The SMILES string of the molecule is C=C(C)C(=O)OCC(=O)OC12CC3CC(C1)CC(C(=O)OCC1CC(CC(=O)OC(C)(C)C)OC(C)(C)O1)(C3)C2.C=C(C)C(=O)OCC(=O)OC12CC3CC(CC(COC(=O)OCC4CC(CC(=O)OC(C)(C)C)OC(C)(C)O4)(C3)C1)C2. The highest BCUT2D eigenvalue weighted by Gasteiger charge is 2.64. The Bertz CT molecular complexity index is 2410. The van der Waals surface area contributed by atoms with Crippen LogP contribution >= 0.6 is 0 Å². The molecular weight excluding hydrogens is 1070 g/mol. The second kappa shape index (κ2) is 24.8. The Morgan fingerprint density at radius 3 is 1.28 bits per heavy atom. The van der Waals surface area contributed by atoms with E-state index in [0.717, 1.165) is 38.5 Å². The van der Waals surface area contributed by atoms with E-state index in [1.165, 1.54) is 13.8 Å². The standard InChI is InChI=1S/C31H46O11.C30H44O10/c1-19(2)26(34)36-16-25(33)42-31-13-20-8-21(14-31)12-30(11-20,17-31)18-38-27(35)37-15-23-9-22(39-29(6,7)40-23)10-24(32)41-28(3,4)5;1-18(2)25(33)35-16-24(32)40-30-13-19-8-20(14-30)12-29(11-19,17-30)26(34)36-15-22-9-21(37-28(6,7)38-22)10-23(31)39-27(3,4)5/h20-23H,1,8-18H2,2-7H3;19-22H,1,8-17H2,2-7H3. The first-order valence-electron chi connectivity index (χ1n) is 29.1. The summed E-state index contributed by atoms with van der Waals surface area (Å²) in [5.74, 6) is -4.13. The summed E-state index contributed by atoms with van der Waals surface area (Å²) in [5, 5.41) is 0. The maximum Gasteiger partial charge on any atom is 0.508 e. The average molecular weight is 1160 g/mol. The molecule has 2 heterocycles. The predicted molar refractivity (Wildman–Crippen MR) is 289 cm³/mol. The van der Waals surface area contributed by atoms with Crippen molar-refractivity contribution in [2.75, 3.05) is 33.0 Å². The number of rotatable bonds is 19. The zero-order chi connectivity index (χ0) is 60.4. The van der Waals surface area contributed by atoms with Crippen LogP contribution in [-0.4, -0.2) is 139 Å². The zero-order valence-corrected chi connectivity index (χ0v) is 50.5. The van der Waals surface area contributed by atoms with Crippen molar-refractivity contribution in [1.29, 1.82) is 0 Å². The Labute approximate surface area is 482 Å². The fraction of sp³-hybridized carbons (Fsp3) is 0.803. The third-order valence-electron chi connectivity index (χ3n) is 16.3. The summed E-state index contributed by atoms with van der Waals surface area (Å²) < 4.78 is 73.4. The minimum Gasteiger partial charge on any atom is -0.462 e. The molecule has 21 heteroatoms. The molecule has 460 valence electrons. The van der Waals surface area contributed by atoms with Gasteiger partial charge in [0.15, 0.2) is 24.8 Å². The molecule has 0 amide bonds. The smallest absolute Gasteiger partial charge is 0.462 e. The van der Waals surface area contributed by atoms with Gasteiger partial charge in [-0.05, 0) is 177 Å². The zero-order valence-electron chi connectivity index (χ0n) is 50.5. The first kappa shape index (κ1) is 64.4. The van der Waals surface area contributed by atoms with Crippen LogP contribution in [0.4, 0.5) is 4.79 Å². The van der Waals surface area contributed by atoms with Gasteiger partial charge in [-0.1, -0.05) is 13.2 Å². The summed E-state index contributed by atoms with van der Waals surface area (Å²) in [6.45, 7) is 27.2. The van der Waals surface area contributed by atoms with Gasteiger partial charge in [0, 0.05) is 35.8 Å². The second-order valence-electron chi connectivity index (χ2n) is 28.0. The van der Waals surface area contributed by atoms with Gasteiger partial charge in [-0.2, -0.15) is 0 Å². The van der Waals surface area contributed by atoms with E-state index in [9.17, 15) is 38.4 Å². The van der Waals surface area contributed by atoms with Crippen LogP contribution in [0.3, 0.4) is 0 Å². The number of hydrogen-bond donors (Lipinski definition) is 0. The van der Waals surface area contributed by atoms with E-state index in [1.54, 1.807) is 27.7 Å². The van der Waals surface area contributed by atoms with Gasteiger partial charge in [0.1, 0.15) is 42.2 Å². The van der Waals surface area contributed by atoms with Crippen molar-refractivity contribution in [1.82, 2.24) is 0 Å². The molecule has 10 aliphatic rings. The quantitative estimate of drug-likeness (QED) is 0.0664. The number of carbonyl (C=O) groups is 8. The lowest BCUT2D eigenvalue weighted by Crippen LogP contribution is -2.60. The molecule has 10 rings (SSSR count). The van der Waals surface area contributed by atoms with Crippen LogP contribution in [0.15, 0.2) is 24.3 Å². The summed E-state index contributed by atoms with van der Waals surface area (Å²) in [4.78, 5) is 99.6. The maximum absolute atomic E-state index is 13.6. The monoisotopic (exact) mass is 1160 g/mol. The largest absolute Gasteiger partial charge is 0.508 e. The number of carbonyl (C=O) groups excluding carboxylic acids is 8. The summed E-state index contributed by atoms with van der Waals surface area (Å²) in [6, 6.07) is 0. The van der Waals surface area contributed by atoms with Crippen LogP contribution < -0.4 is 0 Å². The first-order chi connectivity index (χ1) is 37.9. The molecule has 2 saturated heterocycles. The van der Waals surface area contributed by atoms with Crippen LogP contribution in [-0.2, 0) is 95.1 Å². The van der Waals surface area contributed by atoms with Crippen molar-refractivity contribution in [2.24, 2.45) is 34.5 Å². The molecule has 8 saturated carbocycles. The highest BCUT2D eigenvalue weighted by atomic mass is 16.8. The second-order valence-corrected chi connectivity index (χ2v) is 28.0. The maximum atomic E-state index is 13.6. The molecule has 8 bridgehead atoms. The summed E-state index contributed by atoms with van der Waals surface area (Å²) in [5.41, 5.74) is -3.19. The number of ether oxygens (including phenoxy) is 13. The molecule has 10 fully saturated rings. The molecule has 0 aromatic heterocycles. The predicted octanol–water partition coefficient (Wildman–Crippen LogP) is 8.96. The normalized spacial score (nSPS) is 33.5. The molecule has 8 aliphatic carbocycles. The molecule has 8 atom stereocenters. The van der Waals surface area contributed by atoms with Crippen LogP contribution in [0.1, 0.15) is 186 Å². The Hall–Kier alpha value is -5.12. The van der Waals surface area contributed by atoms with Crippen molar-refractivity contribution in [2.45, 2.75) is 244 Å². The van der Waals surface area contributed by atoms with E-state index in [-0.39, 0.29) is 79.0 Å². The van der Waals surface area contributed by atoms with Gasteiger partial charge in [0.25, 0.3) is 0 Å². The third-order valence-corrected chi connectivity index (χ3v) is 16.3. The molecule has 82 heavy (non-hydrogen) atoms. The number of hydrogen-bond acceptors (Lipinski definition) is 21. The minimum absolute atomic E-state index is 0.0389. The van der Waals surface area contributed by atoms with E-state index in [1.807, 2.05) is 41.5 Å². The van der Waals surface area contributed by atoms with Crippen molar-refractivity contribution in [3.05, 3.63) is 24.3 Å². The topological polar surface area (TPSA) is 257 Å². The Kier molecular flexibility index (Phi) is 19.5. The molecule has 8 unspecified atom stereocenters. The van der Waals surface area contributed by atoms with Gasteiger partial charge in [0.05, 0.1) is 42.7 Å². The van der Waals surface area contributed by atoms with Crippen LogP contribution in [0, 0.1) is 34.5 Å². The highest BCUT2D eigenvalue weighted by Crippen LogP contribution is 2.64. The van der Waals surface area contributed by atoms with Crippen LogP contribution in [0.2, 0.25) is 0 Å². The van der Waals surface area contributed by atoms with Crippen molar-refractivity contribution < 1.29 is 99.9 Å². The van der Waals surface area contributed by atoms with Gasteiger partial charge in [-0.3, -0.25) is 14.4 Å². The summed E-state index contributed by atoms with van der Waals surface area (Å²) >= 11 is 0. The summed E-state index contributed by atoms with van der Waals surface area (Å²) in [6.07, 6.45) is 7.48. The molecule has 0 spiro atoms. The average Bonchev–Trinajstić information content (AvgIpc) is 0.873. The summed E-state index contributed by atoms with van der Waals surface area (Å²) in [7, 11) is 0. The van der Waals surface area contributed by atoms with Gasteiger partial charge < -0.3 is 61.6 Å². The molecule has 0 aromatic rings. The van der Waals surface area contributed by atoms with Crippen molar-refractivity contribution in [3.63, 3.8) is 0 Å². The minimum atomic E-state index is -0.962. The van der Waals surface area contributed by atoms with E-state index < -0.39 is 107 Å². The molecule has 2 aliphatic heterocycles. The third kappa shape index (κ3) is 18.0. The van der Waals surface area contributed by atoms with Crippen LogP contribution in [0.25, 0.3) is 0 Å². The van der Waals surface area contributed by atoms with Gasteiger partial charge in [0.2, 0.25) is 0 Å². The van der Waals surface area contributed by atoms with Gasteiger partial charge in [-0.15, -0.1) is 0 Å². The lowest BCUT2D eigenvalue weighted by atomic mass is 9.48. The molecule has 21 nitrogen and oxygen atoms in total. The molecule has 0 aromatic carbocycles. The van der Waals surface area contributed by atoms with Gasteiger partial charge >= 0.3 is 47.9 Å². The fourth-order valence-electron chi connectivity index (χ4n) is 15.0. The Balaban J connectivity index is 0.000000236. The van der Waals surface area contributed by atoms with Crippen molar-refractivity contribution in [3.8, 4) is 0 Å². The fourth-order valence-corrected chi connectivity index (χ4v) is 15.0. The molecule has 0 N–H and O–H groups in total. The number of esters is 7. The van der Waals surface area contributed by atoms with Gasteiger partial charge in [-0.25, -0.2) is 24.0 Å². The lowest BCUT2D eigenvalue weighted by Gasteiger charge is -2.60. The van der Waals surface area contributed by atoms with Crippen molar-refractivity contribution >= 4 is 47.9 Å². The molecule has 0 radical (unpaired) electrons.